The fraction of sp³-hybridized carbons (Fsp3) is 0. The second-order valence-corrected chi connectivity index (χ2v) is 6.86. The molecule has 5 rings (SSSR count). The van der Waals surface area contributed by atoms with E-state index in [-0.39, 0.29) is 33.1 Å². The van der Waals surface area contributed by atoms with Gasteiger partial charge >= 0.3 is 0 Å². The van der Waals surface area contributed by atoms with E-state index in [1.165, 1.54) is 6.33 Å². The first kappa shape index (κ1) is 18.8. The summed E-state index contributed by atoms with van der Waals surface area (Å²) in [5.41, 5.74) is 3.22. The van der Waals surface area contributed by atoms with E-state index in [0.29, 0.717) is 22.5 Å². The molecule has 0 amide bonds. The van der Waals surface area contributed by atoms with Crippen LogP contribution in [0.3, 0.4) is 0 Å². The summed E-state index contributed by atoms with van der Waals surface area (Å²) >= 11 is 0. The van der Waals surface area contributed by atoms with Crippen LogP contribution in [0.5, 0.6) is 0 Å². The fourth-order valence-corrected chi connectivity index (χ4v) is 3.56. The van der Waals surface area contributed by atoms with E-state index in [9.17, 15) is 0 Å². The maximum Gasteiger partial charge on any atom is 0.167 e. The van der Waals surface area contributed by atoms with Crippen LogP contribution in [0.4, 0.5) is 0 Å². The van der Waals surface area contributed by atoms with Crippen molar-refractivity contribution in [3.8, 4) is 22.8 Å². The normalized spacial score (nSPS) is 11.3. The molecule has 9 heteroatoms. The number of nitrogens with zero attached hydrogens (tertiary/aromatic N) is 3. The highest BCUT2D eigenvalue weighted by molar-refractivity contribution is 6.68. The number of fused-ring (bicyclic) bond motifs is 3. The number of rotatable bonds is 2. The lowest BCUT2D eigenvalue weighted by Gasteiger charge is -2.20. The molecule has 10 radical (unpaired) electrons. The molecule has 3 aromatic carbocycles. The van der Waals surface area contributed by atoms with Crippen LogP contribution < -0.4 is 27.3 Å². The Morgan fingerprint density at radius 1 is 0.633 bits per heavy atom. The van der Waals surface area contributed by atoms with E-state index < -0.39 is 0 Å². The number of furan rings is 1. The molecule has 0 saturated carbocycles. The zero-order valence-corrected chi connectivity index (χ0v) is 15.8. The average molecular weight is 372 g/mol. The third kappa shape index (κ3) is 2.72. The Morgan fingerprint density at radius 2 is 1.27 bits per heavy atom. The van der Waals surface area contributed by atoms with Crippen molar-refractivity contribution in [2.24, 2.45) is 0 Å². The van der Waals surface area contributed by atoms with Crippen LogP contribution in [-0.2, 0) is 0 Å². The highest BCUT2D eigenvalue weighted by Gasteiger charge is 2.17. The van der Waals surface area contributed by atoms with Gasteiger partial charge in [0, 0.05) is 16.3 Å². The average Bonchev–Trinajstić information content (AvgIpc) is 3.15. The van der Waals surface area contributed by atoms with Crippen molar-refractivity contribution in [1.29, 1.82) is 0 Å². The Bertz CT molecular complexity index is 1440. The van der Waals surface area contributed by atoms with Crippen LogP contribution in [0.2, 0.25) is 0 Å². The molecule has 0 N–H and O–H groups in total. The van der Waals surface area contributed by atoms with E-state index >= 15 is 0 Å². The first-order chi connectivity index (χ1) is 14.5. The molecule has 0 spiro atoms. The summed E-state index contributed by atoms with van der Waals surface area (Å²) in [6.45, 7) is 0. The summed E-state index contributed by atoms with van der Waals surface area (Å²) < 4.78 is 6.08. The third-order valence-electron chi connectivity index (χ3n) is 5.14. The molecule has 4 nitrogen and oxygen atoms in total. The lowest BCUT2D eigenvalue weighted by molar-refractivity contribution is 0.669. The zero-order chi connectivity index (χ0) is 21.0. The SMILES string of the molecule is [B]c1c([B])c([B])c(-c2ncnc(-c3cccc4c3oc3ccccc34)n2)c([B])c1[B]. The van der Waals surface area contributed by atoms with E-state index in [1.54, 1.807) is 0 Å². The van der Waals surface area contributed by atoms with Crippen molar-refractivity contribution < 1.29 is 4.42 Å². The van der Waals surface area contributed by atoms with Crippen molar-refractivity contribution >= 4 is 88.5 Å². The van der Waals surface area contributed by atoms with Crippen LogP contribution in [-0.4, -0.2) is 54.2 Å². The molecule has 2 heterocycles. The number of aromatic nitrogens is 3. The summed E-state index contributed by atoms with van der Waals surface area (Å²) in [7, 11) is 30.2. The predicted molar refractivity (Wildman–Crippen MR) is 125 cm³/mol. The van der Waals surface area contributed by atoms with Gasteiger partial charge in [-0.15, -0.1) is 16.4 Å². The number of benzene rings is 3. The van der Waals surface area contributed by atoms with E-state index in [2.05, 4.69) is 15.0 Å². The smallest absolute Gasteiger partial charge is 0.167 e. The van der Waals surface area contributed by atoms with Crippen molar-refractivity contribution in [3.63, 3.8) is 0 Å². The minimum Gasteiger partial charge on any atom is -0.455 e. The lowest BCUT2D eigenvalue weighted by atomic mass is 9.60. The molecule has 2 aromatic heterocycles. The van der Waals surface area contributed by atoms with Gasteiger partial charge in [0.05, 0.1) is 5.56 Å². The Kier molecular flexibility index (Phi) is 4.35. The summed E-state index contributed by atoms with van der Waals surface area (Å²) in [5.74, 6) is 0.638. The molecule has 0 atom stereocenters. The van der Waals surface area contributed by atoms with Crippen molar-refractivity contribution in [2.75, 3.05) is 0 Å². The van der Waals surface area contributed by atoms with Gasteiger partial charge in [-0.2, -0.15) is 0 Å². The van der Waals surface area contributed by atoms with Crippen molar-refractivity contribution in [2.45, 2.75) is 0 Å². The molecule has 128 valence electrons. The van der Waals surface area contributed by atoms with Crippen LogP contribution in [0.1, 0.15) is 0 Å². The van der Waals surface area contributed by atoms with Gasteiger partial charge in [-0.05, 0) is 12.1 Å². The quantitative estimate of drug-likeness (QED) is 0.376. The Hall–Kier alpha value is -3.21. The largest absolute Gasteiger partial charge is 0.455 e. The standard InChI is InChI=1S/C21H8B5N3O/c22-14-13(15(23)17(25)18(26)16(14)24)21-28-8-27-20(29-21)11-6-3-5-10-9-4-1-2-7-12(9)30-19(10)11/h1-8H. The molecule has 0 saturated heterocycles. The first-order valence-corrected chi connectivity index (χ1v) is 9.08. The molecular formula is C21H8B5N3O. The molecule has 0 aliphatic carbocycles. The van der Waals surface area contributed by atoms with Gasteiger partial charge in [-0.1, -0.05) is 41.3 Å². The van der Waals surface area contributed by atoms with E-state index in [1.807, 2.05) is 42.5 Å². The molecule has 0 aliphatic rings. The maximum absolute atomic E-state index is 6.16. The monoisotopic (exact) mass is 373 g/mol. The second-order valence-electron chi connectivity index (χ2n) is 6.86. The molecular weight excluding hydrogens is 364 g/mol. The van der Waals surface area contributed by atoms with Gasteiger partial charge in [-0.3, -0.25) is 0 Å². The Morgan fingerprint density at radius 3 is 2.03 bits per heavy atom. The predicted octanol–water partition coefficient (Wildman–Crippen LogP) is -0.926. The summed E-state index contributed by atoms with van der Waals surface area (Å²) in [6.07, 6.45) is 1.38. The maximum atomic E-state index is 6.16. The van der Waals surface area contributed by atoms with Crippen LogP contribution in [0, 0.1) is 0 Å². The van der Waals surface area contributed by atoms with Gasteiger partial charge in [-0.25, -0.2) is 15.0 Å². The summed E-state index contributed by atoms with van der Waals surface area (Å²) in [6, 6.07) is 13.6. The molecule has 30 heavy (non-hydrogen) atoms. The highest BCUT2D eigenvalue weighted by Crippen LogP contribution is 2.34. The molecule has 0 fully saturated rings. The highest BCUT2D eigenvalue weighted by atomic mass is 16.3. The van der Waals surface area contributed by atoms with Gasteiger partial charge in [0.15, 0.2) is 11.6 Å². The second kappa shape index (κ2) is 6.94. The summed E-state index contributed by atoms with van der Waals surface area (Å²) in [5, 5.41) is 1.97. The molecule has 5 aromatic rings. The lowest BCUT2D eigenvalue weighted by Crippen LogP contribution is -2.55. The Labute approximate surface area is 179 Å². The number of hydrogen-bond donors (Lipinski definition) is 0. The van der Waals surface area contributed by atoms with Gasteiger partial charge in [0.1, 0.15) is 56.7 Å². The van der Waals surface area contributed by atoms with Gasteiger partial charge < -0.3 is 4.42 Å². The minimum atomic E-state index is 0.134. The molecule has 0 unspecified atom stereocenters. The zero-order valence-electron chi connectivity index (χ0n) is 15.8. The van der Waals surface area contributed by atoms with Crippen LogP contribution in [0.25, 0.3) is 44.7 Å². The van der Waals surface area contributed by atoms with Crippen molar-refractivity contribution in [3.05, 3.63) is 48.8 Å². The third-order valence-corrected chi connectivity index (χ3v) is 5.14. The van der Waals surface area contributed by atoms with Crippen molar-refractivity contribution in [1.82, 2.24) is 15.0 Å². The fourth-order valence-electron chi connectivity index (χ4n) is 3.56. The van der Waals surface area contributed by atoms with Gasteiger partial charge in [0.2, 0.25) is 0 Å². The molecule has 0 aliphatic heterocycles. The number of hydrogen-bond acceptors (Lipinski definition) is 4. The van der Waals surface area contributed by atoms with E-state index in [0.717, 1.165) is 16.4 Å². The first-order valence-electron chi connectivity index (χ1n) is 9.08. The Balaban J connectivity index is 1.75. The van der Waals surface area contributed by atoms with Gasteiger partial charge in [0.25, 0.3) is 0 Å². The van der Waals surface area contributed by atoms with Crippen LogP contribution >= 0.6 is 0 Å². The molecule has 0 bridgehead atoms. The van der Waals surface area contributed by atoms with E-state index in [4.69, 9.17) is 43.6 Å². The summed E-state index contributed by atoms with van der Waals surface area (Å²) in [4.78, 5) is 13.1. The van der Waals surface area contributed by atoms with Crippen LogP contribution in [0.15, 0.2) is 53.2 Å². The minimum absolute atomic E-state index is 0.134. The number of para-hydroxylation sites is 2. The topological polar surface area (TPSA) is 51.8 Å².